The van der Waals surface area contributed by atoms with Crippen molar-refractivity contribution in [1.82, 2.24) is 0 Å². The summed E-state index contributed by atoms with van der Waals surface area (Å²) in [6, 6.07) is 0.444. The first kappa shape index (κ1) is 5.53. The van der Waals surface area contributed by atoms with Crippen LogP contribution < -0.4 is 5.73 Å². The van der Waals surface area contributed by atoms with Crippen LogP contribution >= 0.6 is 8.58 Å². The molecule has 1 nitrogen and oxygen atoms in total. The van der Waals surface area contributed by atoms with Gasteiger partial charge in [-0.05, 0) is 25.2 Å². The topological polar surface area (TPSA) is 26.0 Å². The van der Waals surface area contributed by atoms with E-state index in [0.29, 0.717) is 6.04 Å². The molecule has 0 radical (unpaired) electrons. The molecular weight excluding hydrogens is 105 g/mol. The summed E-state index contributed by atoms with van der Waals surface area (Å²) < 4.78 is 0. The normalized spacial score (nSPS) is 36.0. The smallest absolute Gasteiger partial charge is 0.00165 e. The van der Waals surface area contributed by atoms with E-state index < -0.39 is 0 Å². The lowest BCUT2D eigenvalue weighted by atomic mass is 10.2. The molecule has 3 unspecified atom stereocenters. The van der Waals surface area contributed by atoms with Crippen molar-refractivity contribution in [3.63, 3.8) is 0 Å². The molecule has 2 heteroatoms. The molecule has 1 heterocycles. The summed E-state index contributed by atoms with van der Waals surface area (Å²) in [4.78, 5) is 0. The summed E-state index contributed by atoms with van der Waals surface area (Å²) in [5, 5.41) is 0. The third kappa shape index (κ3) is 2.25. The van der Waals surface area contributed by atoms with Gasteiger partial charge in [-0.25, -0.2) is 0 Å². The van der Waals surface area contributed by atoms with Gasteiger partial charge in [-0.3, -0.25) is 0 Å². The van der Waals surface area contributed by atoms with Crippen LogP contribution in [0.4, 0.5) is 0 Å². The molecule has 1 fully saturated rings. The summed E-state index contributed by atoms with van der Waals surface area (Å²) in [5.41, 5.74) is 6.57. The van der Waals surface area contributed by atoms with Crippen LogP contribution in [-0.2, 0) is 0 Å². The summed E-state index contributed by atoms with van der Waals surface area (Å²) in [6.45, 7) is 2.09. The van der Waals surface area contributed by atoms with Gasteiger partial charge in [-0.1, -0.05) is 0 Å². The predicted molar refractivity (Wildman–Crippen MR) is 35.2 cm³/mol. The Morgan fingerprint density at radius 1 is 2.00 bits per heavy atom. The molecule has 0 aromatic heterocycles. The second-order valence-electron chi connectivity index (χ2n) is 2.32. The molecule has 1 aliphatic heterocycles. The monoisotopic (exact) mass is 117 g/mol. The Morgan fingerprint density at radius 3 is 2.71 bits per heavy atom. The molecule has 1 saturated heterocycles. The lowest BCUT2D eigenvalue weighted by molar-refractivity contribution is 0.686. The Morgan fingerprint density at radius 2 is 2.57 bits per heavy atom. The molecule has 0 saturated carbocycles. The van der Waals surface area contributed by atoms with Gasteiger partial charge in [0, 0.05) is 6.04 Å². The number of rotatable bonds is 2. The van der Waals surface area contributed by atoms with Crippen molar-refractivity contribution in [2.45, 2.75) is 25.0 Å². The molecule has 0 aromatic carbocycles. The Hall–Kier alpha value is 0.390. The molecular formula is C5H12NP. The molecule has 42 valence electrons. The van der Waals surface area contributed by atoms with Crippen LogP contribution in [0.1, 0.15) is 13.3 Å². The number of hydrogen-bond acceptors (Lipinski definition) is 1. The molecule has 7 heavy (non-hydrogen) atoms. The minimum absolute atomic E-state index is 0.444. The van der Waals surface area contributed by atoms with Crippen LogP contribution in [0.2, 0.25) is 0 Å². The fraction of sp³-hybridized carbons (Fsp3) is 1.00. The summed E-state index contributed by atoms with van der Waals surface area (Å²) >= 11 is 0. The largest absolute Gasteiger partial charge is 0.328 e. The lowest BCUT2D eigenvalue weighted by Gasteiger charge is -1.98. The van der Waals surface area contributed by atoms with Crippen LogP contribution in [0.5, 0.6) is 0 Å². The van der Waals surface area contributed by atoms with Crippen molar-refractivity contribution in [3.8, 4) is 0 Å². The average molecular weight is 117 g/mol. The van der Waals surface area contributed by atoms with Gasteiger partial charge in [0.25, 0.3) is 0 Å². The van der Waals surface area contributed by atoms with Gasteiger partial charge in [0.05, 0.1) is 0 Å². The maximum absolute atomic E-state index is 5.54. The molecule has 0 spiro atoms. The SMILES string of the molecule is CC(N)CC1CP1. The van der Waals surface area contributed by atoms with Crippen molar-refractivity contribution < 1.29 is 0 Å². The first-order chi connectivity index (χ1) is 3.29. The van der Waals surface area contributed by atoms with Crippen molar-refractivity contribution in [2.75, 3.05) is 6.16 Å². The fourth-order valence-electron chi connectivity index (χ4n) is 0.699. The first-order valence-corrected chi connectivity index (χ1v) is 4.06. The Labute approximate surface area is 46.4 Å². The van der Waals surface area contributed by atoms with Crippen molar-refractivity contribution in [3.05, 3.63) is 0 Å². The fourth-order valence-corrected chi connectivity index (χ4v) is 1.57. The maximum atomic E-state index is 5.54. The van der Waals surface area contributed by atoms with E-state index in [-0.39, 0.29) is 0 Å². The highest BCUT2D eigenvalue weighted by Crippen LogP contribution is 2.41. The highest BCUT2D eigenvalue weighted by Gasteiger charge is 2.21. The number of nitrogens with two attached hydrogens (primary N) is 1. The molecule has 3 atom stereocenters. The standard InChI is InChI=1S/C5H12NP/c1-4(6)2-5-3-7-5/h4-5,7H,2-3,6H2,1H3. The minimum atomic E-state index is 0.444. The van der Waals surface area contributed by atoms with Crippen LogP contribution in [0.15, 0.2) is 0 Å². The molecule has 2 N–H and O–H groups in total. The van der Waals surface area contributed by atoms with Gasteiger partial charge in [-0.2, -0.15) is 0 Å². The second-order valence-corrected chi connectivity index (χ2v) is 3.95. The average Bonchev–Trinajstić information content (AvgIpc) is 2.17. The van der Waals surface area contributed by atoms with Crippen LogP contribution in [0.25, 0.3) is 0 Å². The molecule has 0 aliphatic carbocycles. The van der Waals surface area contributed by atoms with Crippen LogP contribution in [-0.4, -0.2) is 17.9 Å². The zero-order valence-corrected chi connectivity index (χ0v) is 5.65. The van der Waals surface area contributed by atoms with E-state index in [1.165, 1.54) is 21.2 Å². The van der Waals surface area contributed by atoms with E-state index in [1.54, 1.807) is 0 Å². The van der Waals surface area contributed by atoms with E-state index in [2.05, 4.69) is 6.92 Å². The van der Waals surface area contributed by atoms with Gasteiger partial charge in [-0.15, -0.1) is 8.58 Å². The third-order valence-corrected chi connectivity index (χ3v) is 2.37. The molecule has 0 bridgehead atoms. The van der Waals surface area contributed by atoms with Crippen molar-refractivity contribution in [2.24, 2.45) is 5.73 Å². The zero-order chi connectivity index (χ0) is 5.28. The van der Waals surface area contributed by atoms with Gasteiger partial charge in [0.15, 0.2) is 0 Å². The first-order valence-electron chi connectivity index (χ1n) is 2.78. The van der Waals surface area contributed by atoms with E-state index in [9.17, 15) is 0 Å². The van der Waals surface area contributed by atoms with E-state index in [0.717, 1.165) is 5.66 Å². The second kappa shape index (κ2) is 2.11. The third-order valence-electron chi connectivity index (χ3n) is 1.15. The van der Waals surface area contributed by atoms with Gasteiger partial charge in [0.2, 0.25) is 0 Å². The van der Waals surface area contributed by atoms with Gasteiger partial charge < -0.3 is 5.73 Å². The molecule has 0 amide bonds. The summed E-state index contributed by atoms with van der Waals surface area (Å²) in [5.74, 6) is 0. The molecule has 1 aliphatic rings. The molecule has 0 aromatic rings. The summed E-state index contributed by atoms with van der Waals surface area (Å²) in [7, 11) is 1.24. The van der Waals surface area contributed by atoms with E-state index in [4.69, 9.17) is 5.73 Å². The van der Waals surface area contributed by atoms with Crippen molar-refractivity contribution >= 4 is 8.58 Å². The predicted octanol–water partition coefficient (Wildman–Crippen LogP) is 0.784. The highest BCUT2D eigenvalue weighted by atomic mass is 31.1. The molecule has 1 rings (SSSR count). The zero-order valence-electron chi connectivity index (χ0n) is 4.65. The summed E-state index contributed by atoms with van der Waals surface area (Å²) in [6.07, 6.45) is 2.72. The van der Waals surface area contributed by atoms with E-state index >= 15 is 0 Å². The maximum Gasteiger partial charge on any atom is 0.00165 e. The quantitative estimate of drug-likeness (QED) is 0.531. The van der Waals surface area contributed by atoms with Crippen LogP contribution in [0.3, 0.4) is 0 Å². The van der Waals surface area contributed by atoms with E-state index in [1.807, 2.05) is 0 Å². The number of hydrogen-bond donors (Lipinski definition) is 1. The minimum Gasteiger partial charge on any atom is -0.328 e. The van der Waals surface area contributed by atoms with Crippen molar-refractivity contribution in [1.29, 1.82) is 0 Å². The van der Waals surface area contributed by atoms with Gasteiger partial charge >= 0.3 is 0 Å². The Bertz CT molecular complexity index is 59.1. The Kier molecular flexibility index (Phi) is 1.66. The van der Waals surface area contributed by atoms with Gasteiger partial charge in [0.1, 0.15) is 0 Å². The Balaban J connectivity index is 1.97. The van der Waals surface area contributed by atoms with Crippen LogP contribution in [0, 0.1) is 0 Å². The highest BCUT2D eigenvalue weighted by molar-refractivity contribution is 7.47. The lowest BCUT2D eigenvalue weighted by Crippen LogP contribution is -2.16.